The molecule has 1 amide bonds. The van der Waals surface area contributed by atoms with E-state index in [1.165, 1.54) is 0 Å². The molecule has 0 aromatic heterocycles. The van der Waals surface area contributed by atoms with Crippen LogP contribution in [0.3, 0.4) is 0 Å². The number of rotatable bonds is 11. The molecule has 0 aromatic carbocycles. The van der Waals surface area contributed by atoms with E-state index in [1.54, 1.807) is 13.8 Å². The van der Waals surface area contributed by atoms with Crippen molar-refractivity contribution in [3.05, 3.63) is 12.2 Å². The number of esters is 1. The summed E-state index contributed by atoms with van der Waals surface area (Å²) in [7, 11) is 0. The monoisotopic (exact) mass is 317 g/mol. The second-order valence-corrected chi connectivity index (χ2v) is 5.48. The van der Waals surface area contributed by atoms with Crippen LogP contribution in [0.1, 0.15) is 34.1 Å². The Bertz CT molecular complexity index is 367. The quantitative estimate of drug-likeness (QED) is 0.207. The van der Waals surface area contributed by atoms with E-state index in [-0.39, 0.29) is 32.3 Å². The molecule has 0 bridgehead atoms. The molecule has 0 rings (SSSR count). The van der Waals surface area contributed by atoms with E-state index in [1.807, 2.05) is 13.8 Å². The molecule has 0 saturated carbocycles. The molecule has 1 N–H and O–H groups in total. The summed E-state index contributed by atoms with van der Waals surface area (Å²) in [6, 6.07) is 0. The van der Waals surface area contributed by atoms with Crippen LogP contribution in [-0.2, 0) is 24.0 Å². The molecule has 128 valence electrons. The fourth-order valence-electron chi connectivity index (χ4n) is 1.06. The number of ether oxygens (including phenoxy) is 2. The summed E-state index contributed by atoms with van der Waals surface area (Å²) in [6.45, 7) is 11.8. The van der Waals surface area contributed by atoms with Gasteiger partial charge in [0.25, 0.3) is 0 Å². The lowest BCUT2D eigenvalue weighted by molar-refractivity contribution is -0.286. The second kappa shape index (κ2) is 11.0. The number of carbonyl (C=O) groups is 2. The van der Waals surface area contributed by atoms with E-state index in [2.05, 4.69) is 11.9 Å². The van der Waals surface area contributed by atoms with Crippen molar-refractivity contribution in [1.82, 2.24) is 5.32 Å². The largest absolute Gasteiger partial charge is 0.462 e. The smallest absolute Gasteiger partial charge is 0.407 e. The van der Waals surface area contributed by atoms with Gasteiger partial charge in [-0.25, -0.2) is 14.6 Å². The maximum absolute atomic E-state index is 11.6. The zero-order chi connectivity index (χ0) is 17.0. The normalized spacial score (nSPS) is 10.9. The molecular formula is C15H27NO6. The summed E-state index contributed by atoms with van der Waals surface area (Å²) in [5, 5.41) is 2.47. The third-order valence-corrected chi connectivity index (χ3v) is 2.83. The van der Waals surface area contributed by atoms with E-state index in [0.717, 1.165) is 5.57 Å². The van der Waals surface area contributed by atoms with Crippen molar-refractivity contribution in [1.29, 1.82) is 0 Å². The van der Waals surface area contributed by atoms with Crippen LogP contribution in [0.15, 0.2) is 12.2 Å². The van der Waals surface area contributed by atoms with Gasteiger partial charge in [0.15, 0.2) is 0 Å². The molecule has 0 aliphatic rings. The highest BCUT2D eigenvalue weighted by Gasteiger charge is 2.26. The van der Waals surface area contributed by atoms with Crippen molar-refractivity contribution >= 4 is 12.1 Å². The Morgan fingerprint density at radius 3 is 2.32 bits per heavy atom. The average Bonchev–Trinajstić information content (AvgIpc) is 2.46. The predicted octanol–water partition coefficient (Wildman–Crippen LogP) is 2.22. The van der Waals surface area contributed by atoms with Crippen LogP contribution in [-0.4, -0.2) is 45.0 Å². The lowest BCUT2D eigenvalue weighted by atomic mass is 9.91. The van der Waals surface area contributed by atoms with Crippen LogP contribution in [0.4, 0.5) is 4.79 Å². The molecule has 0 aliphatic heterocycles. The summed E-state index contributed by atoms with van der Waals surface area (Å²) in [5.74, 6) is -0.304. The van der Waals surface area contributed by atoms with Crippen LogP contribution in [0, 0.1) is 5.41 Å². The van der Waals surface area contributed by atoms with Gasteiger partial charge in [-0.1, -0.05) is 19.1 Å². The minimum atomic E-state index is -0.602. The molecule has 0 aromatic rings. The highest BCUT2D eigenvalue weighted by atomic mass is 17.2. The Labute approximate surface area is 131 Å². The summed E-state index contributed by atoms with van der Waals surface area (Å²) >= 11 is 0. The first kappa shape index (κ1) is 20.4. The van der Waals surface area contributed by atoms with Crippen molar-refractivity contribution in [3.8, 4) is 0 Å². The first-order valence-electron chi connectivity index (χ1n) is 7.26. The lowest BCUT2D eigenvalue weighted by Gasteiger charge is -2.20. The van der Waals surface area contributed by atoms with Gasteiger partial charge in [-0.2, -0.15) is 0 Å². The number of amides is 1. The predicted molar refractivity (Wildman–Crippen MR) is 81.1 cm³/mol. The third kappa shape index (κ3) is 10.2. The van der Waals surface area contributed by atoms with Crippen molar-refractivity contribution in [3.63, 3.8) is 0 Å². The molecule has 22 heavy (non-hydrogen) atoms. The Hall–Kier alpha value is -1.60. The maximum atomic E-state index is 11.6. The molecule has 7 nitrogen and oxygen atoms in total. The minimum Gasteiger partial charge on any atom is -0.462 e. The van der Waals surface area contributed by atoms with Gasteiger partial charge in [0.05, 0.1) is 12.0 Å². The lowest BCUT2D eigenvalue weighted by Crippen LogP contribution is -2.30. The molecule has 7 heteroatoms. The van der Waals surface area contributed by atoms with Gasteiger partial charge in [0, 0.05) is 6.54 Å². The van der Waals surface area contributed by atoms with E-state index in [9.17, 15) is 9.59 Å². The number of hydrogen-bond acceptors (Lipinski definition) is 6. The van der Waals surface area contributed by atoms with Gasteiger partial charge >= 0.3 is 12.1 Å². The summed E-state index contributed by atoms with van der Waals surface area (Å²) in [4.78, 5) is 32.5. The highest BCUT2D eigenvalue weighted by molar-refractivity contribution is 5.75. The fraction of sp³-hybridized carbons (Fsp3) is 0.733. The number of nitrogens with one attached hydrogen (secondary N) is 1. The van der Waals surface area contributed by atoms with Crippen molar-refractivity contribution in [2.24, 2.45) is 5.41 Å². The average molecular weight is 317 g/mol. The van der Waals surface area contributed by atoms with E-state index in [0.29, 0.717) is 13.0 Å². The zero-order valence-electron chi connectivity index (χ0n) is 13.9. The van der Waals surface area contributed by atoms with E-state index < -0.39 is 11.5 Å². The Balaban J connectivity index is 3.54. The first-order chi connectivity index (χ1) is 10.3. The summed E-state index contributed by atoms with van der Waals surface area (Å²) < 4.78 is 9.88. The number of alkyl carbamates (subject to hydrolysis) is 1. The molecular weight excluding hydrogens is 290 g/mol. The summed E-state index contributed by atoms with van der Waals surface area (Å²) in [5.41, 5.74) is 0.316. The number of carbonyl (C=O) groups excluding carboxylic acids is 2. The van der Waals surface area contributed by atoms with Crippen molar-refractivity contribution < 1.29 is 28.8 Å². The second-order valence-electron chi connectivity index (χ2n) is 5.48. The highest BCUT2D eigenvalue weighted by Crippen LogP contribution is 2.21. The molecule has 0 unspecified atom stereocenters. The van der Waals surface area contributed by atoms with Gasteiger partial charge < -0.3 is 14.8 Å². The molecule has 0 fully saturated rings. The van der Waals surface area contributed by atoms with Crippen molar-refractivity contribution in [2.75, 3.05) is 33.0 Å². The molecule has 0 atom stereocenters. The SMILES string of the molecule is C=C(C)COOCCNC(=O)OCCOC(=O)C(C)(C)CC. The third-order valence-electron chi connectivity index (χ3n) is 2.83. The van der Waals surface area contributed by atoms with Crippen LogP contribution >= 0.6 is 0 Å². The standard InChI is InChI=1S/C15H27NO6/c1-6-15(4,5)13(17)19-9-10-20-14(18)16-7-8-21-22-11-12(2)3/h2,6-11H2,1,3-5H3,(H,16,18). The Morgan fingerprint density at radius 1 is 1.09 bits per heavy atom. The van der Waals surface area contributed by atoms with Gasteiger partial charge in [-0.05, 0) is 27.2 Å². The van der Waals surface area contributed by atoms with Crippen molar-refractivity contribution in [2.45, 2.75) is 34.1 Å². The van der Waals surface area contributed by atoms with Crippen LogP contribution in [0.5, 0.6) is 0 Å². The fourth-order valence-corrected chi connectivity index (χ4v) is 1.06. The van der Waals surface area contributed by atoms with Crippen LogP contribution in [0.2, 0.25) is 0 Å². The Morgan fingerprint density at radius 2 is 1.73 bits per heavy atom. The van der Waals surface area contributed by atoms with E-state index in [4.69, 9.17) is 19.2 Å². The minimum absolute atomic E-state index is 0.00435. The van der Waals surface area contributed by atoms with Crippen LogP contribution in [0.25, 0.3) is 0 Å². The Kier molecular flexibility index (Phi) is 10.2. The van der Waals surface area contributed by atoms with Crippen LogP contribution < -0.4 is 5.32 Å². The van der Waals surface area contributed by atoms with Gasteiger partial charge in [0.2, 0.25) is 0 Å². The molecule has 0 heterocycles. The van der Waals surface area contributed by atoms with Gasteiger partial charge in [-0.3, -0.25) is 4.79 Å². The number of hydrogen-bond donors (Lipinski definition) is 1. The van der Waals surface area contributed by atoms with Gasteiger partial charge in [0.1, 0.15) is 19.8 Å². The zero-order valence-corrected chi connectivity index (χ0v) is 13.9. The van der Waals surface area contributed by atoms with E-state index >= 15 is 0 Å². The molecule has 0 aliphatic carbocycles. The maximum Gasteiger partial charge on any atom is 0.407 e. The first-order valence-corrected chi connectivity index (χ1v) is 7.26. The summed E-state index contributed by atoms with van der Waals surface area (Å²) in [6.07, 6.45) is 0.0787. The molecule has 0 radical (unpaired) electrons. The molecule has 0 spiro atoms. The molecule has 0 saturated heterocycles. The van der Waals surface area contributed by atoms with Gasteiger partial charge in [-0.15, -0.1) is 0 Å². The topological polar surface area (TPSA) is 83.1 Å².